The average Bonchev–Trinajstić information content (AvgIpc) is 2.04. The van der Waals surface area contributed by atoms with Crippen LogP contribution in [0.4, 0.5) is 5.82 Å². The Hall–Kier alpha value is -1.12. The Morgan fingerprint density at radius 2 is 2.09 bits per heavy atom. The van der Waals surface area contributed by atoms with Crippen LogP contribution >= 0.6 is 0 Å². The summed E-state index contributed by atoms with van der Waals surface area (Å²) in [7, 11) is 0. The lowest BCUT2D eigenvalue weighted by Gasteiger charge is -2.01. The van der Waals surface area contributed by atoms with Crippen molar-refractivity contribution in [1.29, 1.82) is 0 Å². The summed E-state index contributed by atoms with van der Waals surface area (Å²) in [5.74, 6) is 1.44. The molecule has 0 aromatic carbocycles. The summed E-state index contributed by atoms with van der Waals surface area (Å²) in [4.78, 5) is 8.27. The second-order valence-corrected chi connectivity index (χ2v) is 2.40. The maximum atomic E-state index is 5.66. The minimum Gasteiger partial charge on any atom is -0.383 e. The number of anilines is 1. The number of hydrogen-bond donors (Lipinski definition) is 1. The zero-order valence-electron chi connectivity index (χ0n) is 6.96. The molecule has 0 saturated heterocycles. The van der Waals surface area contributed by atoms with Gasteiger partial charge in [0, 0.05) is 18.2 Å². The van der Waals surface area contributed by atoms with Crippen LogP contribution in [-0.2, 0) is 12.8 Å². The van der Waals surface area contributed by atoms with Crippen LogP contribution in [0.1, 0.15) is 25.2 Å². The van der Waals surface area contributed by atoms with Gasteiger partial charge in [-0.2, -0.15) is 0 Å². The van der Waals surface area contributed by atoms with Crippen molar-refractivity contribution in [2.75, 3.05) is 5.73 Å². The van der Waals surface area contributed by atoms with Crippen LogP contribution in [0.3, 0.4) is 0 Å². The van der Waals surface area contributed by atoms with Crippen molar-refractivity contribution in [3.05, 3.63) is 17.6 Å². The molecule has 0 radical (unpaired) electrons. The van der Waals surface area contributed by atoms with Crippen molar-refractivity contribution in [2.24, 2.45) is 0 Å². The van der Waals surface area contributed by atoms with E-state index in [1.807, 2.05) is 13.8 Å². The van der Waals surface area contributed by atoms with E-state index in [0.717, 1.165) is 24.2 Å². The summed E-state index contributed by atoms with van der Waals surface area (Å²) >= 11 is 0. The standard InChI is InChI=1S/C8H13N3/c1-3-6-5-10-7(4-2)11-8(6)9/h5H,3-4H2,1-2H3,(H2,9,10,11). The smallest absolute Gasteiger partial charge is 0.130 e. The summed E-state index contributed by atoms with van der Waals surface area (Å²) in [6.45, 7) is 4.06. The third kappa shape index (κ3) is 1.67. The Labute approximate surface area is 66.7 Å². The Morgan fingerprint density at radius 1 is 1.36 bits per heavy atom. The molecule has 0 fully saturated rings. The van der Waals surface area contributed by atoms with Gasteiger partial charge in [-0.3, -0.25) is 0 Å². The van der Waals surface area contributed by atoms with Crippen LogP contribution in [-0.4, -0.2) is 9.97 Å². The Bertz CT molecular complexity index is 245. The molecule has 1 rings (SSSR count). The highest BCUT2D eigenvalue weighted by Gasteiger charge is 1.99. The van der Waals surface area contributed by atoms with E-state index < -0.39 is 0 Å². The second kappa shape index (κ2) is 3.32. The maximum Gasteiger partial charge on any atom is 0.130 e. The van der Waals surface area contributed by atoms with Crippen LogP contribution in [0.15, 0.2) is 6.20 Å². The molecule has 0 unspecified atom stereocenters. The predicted molar refractivity (Wildman–Crippen MR) is 45.2 cm³/mol. The molecule has 0 saturated carbocycles. The highest BCUT2D eigenvalue weighted by atomic mass is 14.9. The third-order valence-electron chi connectivity index (χ3n) is 1.65. The summed E-state index contributed by atoms with van der Waals surface area (Å²) in [5, 5.41) is 0. The first-order valence-electron chi connectivity index (χ1n) is 3.88. The minimum absolute atomic E-state index is 0.624. The molecule has 3 heteroatoms. The van der Waals surface area contributed by atoms with Crippen molar-refractivity contribution >= 4 is 5.82 Å². The van der Waals surface area contributed by atoms with Gasteiger partial charge < -0.3 is 5.73 Å². The first-order chi connectivity index (χ1) is 5.27. The van der Waals surface area contributed by atoms with Crippen LogP contribution in [0.5, 0.6) is 0 Å². The fourth-order valence-corrected chi connectivity index (χ4v) is 0.901. The number of aryl methyl sites for hydroxylation is 2. The van der Waals surface area contributed by atoms with E-state index >= 15 is 0 Å². The molecule has 0 aliphatic heterocycles. The lowest BCUT2D eigenvalue weighted by atomic mass is 10.2. The quantitative estimate of drug-likeness (QED) is 0.690. The van der Waals surface area contributed by atoms with E-state index in [0.29, 0.717) is 5.82 Å². The van der Waals surface area contributed by atoms with Crippen LogP contribution < -0.4 is 5.73 Å². The lowest BCUT2D eigenvalue weighted by molar-refractivity contribution is 0.921. The highest BCUT2D eigenvalue weighted by molar-refractivity contribution is 5.37. The molecular weight excluding hydrogens is 138 g/mol. The summed E-state index contributed by atoms with van der Waals surface area (Å²) < 4.78 is 0. The van der Waals surface area contributed by atoms with Gasteiger partial charge in [-0.15, -0.1) is 0 Å². The second-order valence-electron chi connectivity index (χ2n) is 2.40. The fourth-order valence-electron chi connectivity index (χ4n) is 0.901. The lowest BCUT2D eigenvalue weighted by Crippen LogP contribution is -2.02. The highest BCUT2D eigenvalue weighted by Crippen LogP contribution is 2.07. The average molecular weight is 151 g/mol. The van der Waals surface area contributed by atoms with Gasteiger partial charge in [0.05, 0.1) is 0 Å². The molecular formula is C8H13N3. The summed E-state index contributed by atoms with van der Waals surface area (Å²) in [6, 6.07) is 0. The normalized spacial score (nSPS) is 10.0. The summed E-state index contributed by atoms with van der Waals surface area (Å²) in [5.41, 5.74) is 6.69. The number of nitrogens with zero attached hydrogens (tertiary/aromatic N) is 2. The maximum absolute atomic E-state index is 5.66. The Morgan fingerprint density at radius 3 is 2.55 bits per heavy atom. The van der Waals surface area contributed by atoms with Gasteiger partial charge in [0.2, 0.25) is 0 Å². The van der Waals surface area contributed by atoms with Crippen molar-refractivity contribution < 1.29 is 0 Å². The predicted octanol–water partition coefficient (Wildman–Crippen LogP) is 1.18. The number of nitrogen functional groups attached to an aromatic ring is 1. The van der Waals surface area contributed by atoms with E-state index in [-0.39, 0.29) is 0 Å². The van der Waals surface area contributed by atoms with Gasteiger partial charge >= 0.3 is 0 Å². The van der Waals surface area contributed by atoms with Crippen LogP contribution in [0.2, 0.25) is 0 Å². The largest absolute Gasteiger partial charge is 0.383 e. The number of hydrogen-bond acceptors (Lipinski definition) is 3. The first-order valence-corrected chi connectivity index (χ1v) is 3.88. The van der Waals surface area contributed by atoms with Gasteiger partial charge in [0.25, 0.3) is 0 Å². The van der Waals surface area contributed by atoms with E-state index in [1.54, 1.807) is 6.20 Å². The number of aromatic nitrogens is 2. The molecule has 2 N–H and O–H groups in total. The molecule has 0 atom stereocenters. The number of rotatable bonds is 2. The molecule has 0 spiro atoms. The molecule has 1 aromatic heterocycles. The van der Waals surface area contributed by atoms with Gasteiger partial charge in [-0.05, 0) is 6.42 Å². The van der Waals surface area contributed by atoms with Crippen molar-refractivity contribution in [3.63, 3.8) is 0 Å². The van der Waals surface area contributed by atoms with Gasteiger partial charge in [-0.1, -0.05) is 13.8 Å². The molecule has 0 bridgehead atoms. The Kier molecular flexibility index (Phi) is 2.41. The van der Waals surface area contributed by atoms with Crippen LogP contribution in [0, 0.1) is 0 Å². The molecule has 1 aromatic rings. The van der Waals surface area contributed by atoms with Gasteiger partial charge in [0.15, 0.2) is 0 Å². The first kappa shape index (κ1) is 7.98. The van der Waals surface area contributed by atoms with E-state index in [2.05, 4.69) is 9.97 Å². The third-order valence-corrected chi connectivity index (χ3v) is 1.65. The molecule has 3 nitrogen and oxygen atoms in total. The zero-order valence-corrected chi connectivity index (χ0v) is 6.96. The molecule has 0 aliphatic carbocycles. The molecule has 60 valence electrons. The molecule has 0 amide bonds. The topological polar surface area (TPSA) is 51.8 Å². The summed E-state index contributed by atoms with van der Waals surface area (Å²) in [6.07, 6.45) is 3.55. The molecule has 0 aliphatic rings. The Balaban J connectivity index is 2.99. The van der Waals surface area contributed by atoms with E-state index in [9.17, 15) is 0 Å². The van der Waals surface area contributed by atoms with Gasteiger partial charge in [-0.25, -0.2) is 9.97 Å². The van der Waals surface area contributed by atoms with Gasteiger partial charge in [0.1, 0.15) is 11.6 Å². The van der Waals surface area contributed by atoms with Crippen molar-refractivity contribution in [3.8, 4) is 0 Å². The van der Waals surface area contributed by atoms with Crippen molar-refractivity contribution in [2.45, 2.75) is 26.7 Å². The van der Waals surface area contributed by atoms with E-state index in [1.165, 1.54) is 0 Å². The monoisotopic (exact) mass is 151 g/mol. The molecule has 11 heavy (non-hydrogen) atoms. The van der Waals surface area contributed by atoms with Crippen LogP contribution in [0.25, 0.3) is 0 Å². The fraction of sp³-hybridized carbons (Fsp3) is 0.500. The molecule has 1 heterocycles. The van der Waals surface area contributed by atoms with E-state index in [4.69, 9.17) is 5.73 Å². The number of nitrogens with two attached hydrogens (primary N) is 1. The SMILES string of the molecule is CCc1ncc(CC)c(N)n1. The minimum atomic E-state index is 0.624. The van der Waals surface area contributed by atoms with Crippen molar-refractivity contribution in [1.82, 2.24) is 9.97 Å². The zero-order chi connectivity index (χ0) is 8.27.